The summed E-state index contributed by atoms with van der Waals surface area (Å²) in [5.41, 5.74) is 5.85. The van der Waals surface area contributed by atoms with E-state index in [4.69, 9.17) is 10.2 Å². The van der Waals surface area contributed by atoms with Crippen LogP contribution in [0.25, 0.3) is 0 Å². The van der Waals surface area contributed by atoms with Gasteiger partial charge in [-0.3, -0.25) is 14.6 Å². The van der Waals surface area contributed by atoms with E-state index in [1.165, 1.54) is 18.5 Å². The Bertz CT molecular complexity index is 651. The lowest BCUT2D eigenvalue weighted by Gasteiger charge is -2.07. The molecule has 20 heavy (non-hydrogen) atoms. The number of aromatic nitrogens is 1. The number of hydrogen-bond donors (Lipinski definition) is 2. The van der Waals surface area contributed by atoms with Crippen molar-refractivity contribution in [3.63, 3.8) is 0 Å². The van der Waals surface area contributed by atoms with Gasteiger partial charge in [0.15, 0.2) is 0 Å². The molecule has 1 fully saturated rings. The van der Waals surface area contributed by atoms with E-state index in [0.717, 1.165) is 12.2 Å². The van der Waals surface area contributed by atoms with E-state index in [1.54, 1.807) is 12.3 Å². The molecule has 2 amide bonds. The number of nitrogens with zero attached hydrogens (tertiary/aromatic N) is 1. The molecule has 102 valence electrons. The summed E-state index contributed by atoms with van der Waals surface area (Å²) in [6.07, 6.45) is 5.21. The quantitative estimate of drug-likeness (QED) is 0.880. The molecule has 0 radical (unpaired) electrons. The summed E-state index contributed by atoms with van der Waals surface area (Å²) in [4.78, 5) is 27.3. The van der Waals surface area contributed by atoms with Gasteiger partial charge < -0.3 is 15.5 Å². The zero-order chi connectivity index (χ0) is 14.1. The Hall–Kier alpha value is -2.63. The second-order valence-electron chi connectivity index (χ2n) is 4.74. The van der Waals surface area contributed by atoms with Crippen molar-refractivity contribution in [2.45, 2.75) is 12.3 Å². The van der Waals surface area contributed by atoms with Gasteiger partial charge in [-0.1, -0.05) is 0 Å². The molecule has 2 aromatic rings. The minimum Gasteiger partial charge on any atom is -0.469 e. The fraction of sp³-hybridized carbons (Fsp3) is 0.214. The van der Waals surface area contributed by atoms with E-state index in [2.05, 4.69) is 10.3 Å². The Labute approximate surface area is 115 Å². The van der Waals surface area contributed by atoms with Crippen molar-refractivity contribution in [1.82, 2.24) is 4.98 Å². The standard InChI is InChI=1S/C14H13N3O3/c15-13(18)8-3-4-16-7-11(8)17-14(19)10-6-9(10)12-2-1-5-20-12/h1-5,7,9-10H,6H2,(H2,15,18)(H,17,19)/t9-,10+/m0/s1. The van der Waals surface area contributed by atoms with E-state index in [1.807, 2.05) is 6.07 Å². The Morgan fingerprint density at radius 3 is 2.95 bits per heavy atom. The highest BCUT2D eigenvalue weighted by molar-refractivity contribution is 6.03. The molecule has 0 spiro atoms. The summed E-state index contributed by atoms with van der Waals surface area (Å²) in [6, 6.07) is 5.14. The predicted octanol–water partition coefficient (Wildman–Crippen LogP) is 1.52. The highest BCUT2D eigenvalue weighted by Gasteiger charge is 2.46. The molecule has 0 aliphatic heterocycles. The van der Waals surface area contributed by atoms with Gasteiger partial charge in [0.05, 0.1) is 23.7 Å². The topological polar surface area (TPSA) is 98.2 Å². The summed E-state index contributed by atoms with van der Waals surface area (Å²) in [5, 5.41) is 2.70. The summed E-state index contributed by atoms with van der Waals surface area (Å²) in [6.45, 7) is 0. The molecule has 0 bridgehead atoms. The van der Waals surface area contributed by atoms with Crippen LogP contribution in [0.2, 0.25) is 0 Å². The van der Waals surface area contributed by atoms with Crippen molar-refractivity contribution >= 4 is 17.5 Å². The number of anilines is 1. The maximum absolute atomic E-state index is 12.1. The monoisotopic (exact) mass is 271 g/mol. The smallest absolute Gasteiger partial charge is 0.250 e. The van der Waals surface area contributed by atoms with E-state index in [0.29, 0.717) is 5.69 Å². The third kappa shape index (κ3) is 2.27. The van der Waals surface area contributed by atoms with E-state index >= 15 is 0 Å². The zero-order valence-electron chi connectivity index (χ0n) is 10.6. The van der Waals surface area contributed by atoms with Crippen molar-refractivity contribution in [2.24, 2.45) is 11.7 Å². The van der Waals surface area contributed by atoms with Gasteiger partial charge in [0.25, 0.3) is 5.91 Å². The van der Waals surface area contributed by atoms with Crippen LogP contribution in [0.15, 0.2) is 41.3 Å². The maximum Gasteiger partial charge on any atom is 0.250 e. The summed E-state index contributed by atoms with van der Waals surface area (Å²) in [7, 11) is 0. The predicted molar refractivity (Wildman–Crippen MR) is 70.9 cm³/mol. The molecule has 2 aromatic heterocycles. The van der Waals surface area contributed by atoms with Crippen LogP contribution in [-0.2, 0) is 4.79 Å². The van der Waals surface area contributed by atoms with Crippen LogP contribution in [0.4, 0.5) is 5.69 Å². The molecule has 3 rings (SSSR count). The number of amides is 2. The van der Waals surface area contributed by atoms with Crippen molar-refractivity contribution in [3.8, 4) is 0 Å². The van der Waals surface area contributed by atoms with Crippen LogP contribution >= 0.6 is 0 Å². The fourth-order valence-electron chi connectivity index (χ4n) is 2.24. The summed E-state index contributed by atoms with van der Waals surface area (Å²) in [5.74, 6) is 0.0372. The molecule has 3 N–H and O–H groups in total. The van der Waals surface area contributed by atoms with Crippen LogP contribution in [0.1, 0.15) is 28.5 Å². The molecular formula is C14H13N3O3. The number of carbonyl (C=O) groups is 2. The van der Waals surface area contributed by atoms with Gasteiger partial charge >= 0.3 is 0 Å². The lowest BCUT2D eigenvalue weighted by Crippen LogP contribution is -2.19. The molecule has 2 atom stereocenters. The van der Waals surface area contributed by atoms with Crippen molar-refractivity contribution in [3.05, 3.63) is 48.2 Å². The van der Waals surface area contributed by atoms with Gasteiger partial charge in [0.1, 0.15) is 5.76 Å². The second kappa shape index (κ2) is 4.80. The van der Waals surface area contributed by atoms with Crippen LogP contribution in [-0.4, -0.2) is 16.8 Å². The minimum atomic E-state index is -0.596. The number of nitrogens with two attached hydrogens (primary N) is 1. The Balaban J connectivity index is 1.70. The first-order valence-electron chi connectivity index (χ1n) is 6.25. The maximum atomic E-state index is 12.1. The van der Waals surface area contributed by atoms with Crippen LogP contribution < -0.4 is 11.1 Å². The Kier molecular flexibility index (Phi) is 2.98. The first-order chi connectivity index (χ1) is 9.66. The molecule has 6 heteroatoms. The normalized spacial score (nSPS) is 20.4. The van der Waals surface area contributed by atoms with E-state index < -0.39 is 5.91 Å². The van der Waals surface area contributed by atoms with Gasteiger partial charge in [-0.05, 0) is 24.6 Å². The first kappa shape index (κ1) is 12.4. The average molecular weight is 271 g/mol. The van der Waals surface area contributed by atoms with Crippen LogP contribution in [0.3, 0.4) is 0 Å². The van der Waals surface area contributed by atoms with Crippen molar-refractivity contribution < 1.29 is 14.0 Å². The molecule has 1 aliphatic rings. The molecule has 1 saturated carbocycles. The summed E-state index contributed by atoms with van der Waals surface area (Å²) >= 11 is 0. The molecular weight excluding hydrogens is 258 g/mol. The highest BCUT2D eigenvalue weighted by atomic mass is 16.3. The van der Waals surface area contributed by atoms with Gasteiger partial charge in [-0.2, -0.15) is 0 Å². The number of hydrogen-bond acceptors (Lipinski definition) is 4. The fourth-order valence-corrected chi connectivity index (χ4v) is 2.24. The number of carbonyl (C=O) groups excluding carboxylic acids is 2. The lowest BCUT2D eigenvalue weighted by atomic mass is 10.2. The molecule has 1 aliphatic carbocycles. The zero-order valence-corrected chi connectivity index (χ0v) is 10.6. The molecule has 0 saturated heterocycles. The van der Waals surface area contributed by atoms with Gasteiger partial charge in [0, 0.05) is 18.0 Å². The van der Waals surface area contributed by atoms with Gasteiger partial charge in [-0.25, -0.2) is 0 Å². The SMILES string of the molecule is NC(=O)c1ccncc1NC(=O)[C@@H]1C[C@@H]1c1ccco1. The third-order valence-corrected chi connectivity index (χ3v) is 3.38. The number of nitrogens with one attached hydrogen (secondary N) is 1. The van der Waals surface area contributed by atoms with Crippen molar-refractivity contribution in [2.75, 3.05) is 5.32 Å². The minimum absolute atomic E-state index is 0.110. The number of furan rings is 1. The molecule has 2 heterocycles. The number of primary amides is 1. The number of pyridine rings is 1. The lowest BCUT2D eigenvalue weighted by molar-refractivity contribution is -0.117. The highest BCUT2D eigenvalue weighted by Crippen LogP contribution is 2.48. The van der Waals surface area contributed by atoms with Crippen molar-refractivity contribution in [1.29, 1.82) is 0 Å². The molecule has 6 nitrogen and oxygen atoms in total. The average Bonchev–Trinajstić information content (AvgIpc) is 3.05. The first-order valence-corrected chi connectivity index (χ1v) is 6.25. The van der Waals surface area contributed by atoms with E-state index in [-0.39, 0.29) is 23.3 Å². The Morgan fingerprint density at radius 1 is 1.40 bits per heavy atom. The molecule has 0 aromatic carbocycles. The van der Waals surface area contributed by atoms with Gasteiger partial charge in [0.2, 0.25) is 5.91 Å². The summed E-state index contributed by atoms with van der Waals surface area (Å²) < 4.78 is 5.28. The largest absolute Gasteiger partial charge is 0.469 e. The van der Waals surface area contributed by atoms with Crippen LogP contribution in [0.5, 0.6) is 0 Å². The van der Waals surface area contributed by atoms with E-state index in [9.17, 15) is 9.59 Å². The number of rotatable bonds is 4. The van der Waals surface area contributed by atoms with Gasteiger partial charge in [-0.15, -0.1) is 0 Å². The third-order valence-electron chi connectivity index (χ3n) is 3.38. The second-order valence-corrected chi connectivity index (χ2v) is 4.74. The molecule has 0 unspecified atom stereocenters. The Morgan fingerprint density at radius 2 is 2.25 bits per heavy atom. The van der Waals surface area contributed by atoms with Crippen LogP contribution in [0, 0.1) is 5.92 Å².